The van der Waals surface area contributed by atoms with Crippen LogP contribution in [-0.2, 0) is 0 Å². The zero-order valence-electron chi connectivity index (χ0n) is 12.8. The lowest BCUT2D eigenvalue weighted by atomic mass is 9.91. The molecule has 0 aromatic heterocycles. The molecule has 2 nitrogen and oxygen atoms in total. The first-order valence-electron chi connectivity index (χ1n) is 7.98. The van der Waals surface area contributed by atoms with Gasteiger partial charge in [-0.25, -0.2) is 0 Å². The van der Waals surface area contributed by atoms with Gasteiger partial charge in [0.1, 0.15) is 5.75 Å². The molecule has 0 aliphatic heterocycles. The molecule has 1 aromatic rings. The van der Waals surface area contributed by atoms with Crippen molar-refractivity contribution in [1.29, 1.82) is 0 Å². The van der Waals surface area contributed by atoms with Gasteiger partial charge in [-0.3, -0.25) is 0 Å². The molecule has 0 bridgehead atoms. The van der Waals surface area contributed by atoms with E-state index >= 15 is 0 Å². The first-order chi connectivity index (χ1) is 9.85. The highest BCUT2D eigenvalue weighted by molar-refractivity contribution is 5.36. The summed E-state index contributed by atoms with van der Waals surface area (Å²) in [6, 6.07) is 8.81. The number of hydrogen-bond acceptors (Lipinski definition) is 2. The average Bonchev–Trinajstić information content (AvgIpc) is 2.49. The van der Waals surface area contributed by atoms with Crippen molar-refractivity contribution in [2.45, 2.75) is 52.0 Å². The number of nitrogens with one attached hydrogen (secondary N) is 1. The standard InChI is InChI=1S/C18H27NO/c1-3-19-17(14-15-10-6-5-7-11-15)16-12-8-9-13-18(16)20-4-2/h8-10,12-13,17,19H,3-7,11,14H2,1-2H3. The lowest BCUT2D eigenvalue weighted by Crippen LogP contribution is -2.22. The second-order valence-electron chi connectivity index (χ2n) is 5.39. The van der Waals surface area contributed by atoms with Crippen LogP contribution in [0.5, 0.6) is 5.75 Å². The van der Waals surface area contributed by atoms with Gasteiger partial charge in [0.05, 0.1) is 6.61 Å². The SMILES string of the molecule is CCNC(CC1=CCCCC1)c1ccccc1OCC. The van der Waals surface area contributed by atoms with Gasteiger partial charge in [0, 0.05) is 11.6 Å². The van der Waals surface area contributed by atoms with Crippen LogP contribution in [0.4, 0.5) is 0 Å². The Balaban J connectivity index is 2.16. The fourth-order valence-corrected chi connectivity index (χ4v) is 2.95. The highest BCUT2D eigenvalue weighted by Gasteiger charge is 2.17. The molecule has 0 spiro atoms. The van der Waals surface area contributed by atoms with E-state index in [4.69, 9.17) is 4.74 Å². The molecule has 0 amide bonds. The third-order valence-corrected chi connectivity index (χ3v) is 3.90. The van der Waals surface area contributed by atoms with E-state index in [1.165, 1.54) is 31.2 Å². The van der Waals surface area contributed by atoms with Crippen LogP contribution in [0.2, 0.25) is 0 Å². The van der Waals surface area contributed by atoms with E-state index in [1.807, 2.05) is 6.92 Å². The number of ether oxygens (including phenoxy) is 1. The predicted octanol–water partition coefficient (Wildman–Crippen LogP) is 4.63. The van der Waals surface area contributed by atoms with Crippen LogP contribution >= 0.6 is 0 Å². The average molecular weight is 273 g/mol. The Labute approximate surface area is 123 Å². The summed E-state index contributed by atoms with van der Waals surface area (Å²) in [5.41, 5.74) is 2.90. The second-order valence-corrected chi connectivity index (χ2v) is 5.39. The van der Waals surface area contributed by atoms with Crippen LogP contribution in [0.3, 0.4) is 0 Å². The summed E-state index contributed by atoms with van der Waals surface area (Å²) in [5, 5.41) is 3.62. The predicted molar refractivity (Wildman–Crippen MR) is 85.2 cm³/mol. The molecule has 0 saturated carbocycles. The first kappa shape index (κ1) is 15.1. The van der Waals surface area contributed by atoms with E-state index in [1.54, 1.807) is 5.57 Å². The lowest BCUT2D eigenvalue weighted by molar-refractivity contribution is 0.331. The Morgan fingerprint density at radius 1 is 1.20 bits per heavy atom. The number of hydrogen-bond donors (Lipinski definition) is 1. The summed E-state index contributed by atoms with van der Waals surface area (Å²) in [7, 11) is 0. The summed E-state index contributed by atoms with van der Waals surface area (Å²) in [4.78, 5) is 0. The fourth-order valence-electron chi connectivity index (χ4n) is 2.95. The molecule has 1 aliphatic rings. The van der Waals surface area contributed by atoms with E-state index in [2.05, 4.69) is 42.6 Å². The largest absolute Gasteiger partial charge is 0.494 e. The maximum absolute atomic E-state index is 5.79. The Morgan fingerprint density at radius 3 is 2.75 bits per heavy atom. The summed E-state index contributed by atoms with van der Waals surface area (Å²) in [5.74, 6) is 1.03. The summed E-state index contributed by atoms with van der Waals surface area (Å²) >= 11 is 0. The highest BCUT2D eigenvalue weighted by atomic mass is 16.5. The van der Waals surface area contributed by atoms with Crippen LogP contribution in [0.1, 0.15) is 57.6 Å². The molecular formula is C18H27NO. The smallest absolute Gasteiger partial charge is 0.124 e. The van der Waals surface area contributed by atoms with Crippen molar-refractivity contribution in [1.82, 2.24) is 5.32 Å². The number of rotatable bonds is 7. The van der Waals surface area contributed by atoms with Crippen molar-refractivity contribution < 1.29 is 4.74 Å². The first-order valence-corrected chi connectivity index (χ1v) is 7.98. The molecule has 0 saturated heterocycles. The molecular weight excluding hydrogens is 246 g/mol. The third-order valence-electron chi connectivity index (χ3n) is 3.90. The molecule has 1 atom stereocenters. The Bertz CT molecular complexity index is 439. The Morgan fingerprint density at radius 2 is 2.05 bits per heavy atom. The third kappa shape index (κ3) is 4.11. The van der Waals surface area contributed by atoms with Crippen molar-refractivity contribution >= 4 is 0 Å². The van der Waals surface area contributed by atoms with Crippen molar-refractivity contribution in [3.63, 3.8) is 0 Å². The molecule has 2 rings (SSSR count). The van der Waals surface area contributed by atoms with Gasteiger partial charge < -0.3 is 10.1 Å². The molecule has 1 aromatic carbocycles. The molecule has 1 N–H and O–H groups in total. The topological polar surface area (TPSA) is 21.3 Å². The van der Waals surface area contributed by atoms with Gasteiger partial charge in [0.15, 0.2) is 0 Å². The van der Waals surface area contributed by atoms with Gasteiger partial charge in [-0.05, 0) is 51.6 Å². The van der Waals surface area contributed by atoms with Crippen LogP contribution in [0.25, 0.3) is 0 Å². The monoisotopic (exact) mass is 273 g/mol. The van der Waals surface area contributed by atoms with Crippen molar-refractivity contribution in [2.24, 2.45) is 0 Å². The minimum absolute atomic E-state index is 0.368. The van der Waals surface area contributed by atoms with E-state index < -0.39 is 0 Å². The molecule has 2 heteroatoms. The second kappa shape index (κ2) is 8.11. The molecule has 1 aliphatic carbocycles. The molecule has 110 valence electrons. The van der Waals surface area contributed by atoms with Crippen molar-refractivity contribution in [3.05, 3.63) is 41.5 Å². The van der Waals surface area contributed by atoms with Crippen LogP contribution in [-0.4, -0.2) is 13.2 Å². The highest BCUT2D eigenvalue weighted by Crippen LogP contribution is 2.32. The normalized spacial score (nSPS) is 16.6. The summed E-state index contributed by atoms with van der Waals surface area (Å²) in [6.07, 6.45) is 8.76. The van der Waals surface area contributed by atoms with E-state index in [0.717, 1.165) is 25.3 Å². The Kier molecular flexibility index (Phi) is 6.13. The number of allylic oxidation sites excluding steroid dienone is 1. The molecule has 0 fully saturated rings. The minimum Gasteiger partial charge on any atom is -0.494 e. The fraction of sp³-hybridized carbons (Fsp3) is 0.556. The molecule has 0 heterocycles. The van der Waals surface area contributed by atoms with Gasteiger partial charge in [-0.2, -0.15) is 0 Å². The van der Waals surface area contributed by atoms with E-state index in [0.29, 0.717) is 6.04 Å². The van der Waals surface area contributed by atoms with Crippen molar-refractivity contribution in [3.8, 4) is 5.75 Å². The van der Waals surface area contributed by atoms with E-state index in [-0.39, 0.29) is 0 Å². The van der Waals surface area contributed by atoms with Crippen LogP contribution in [0.15, 0.2) is 35.9 Å². The molecule has 20 heavy (non-hydrogen) atoms. The molecule has 0 radical (unpaired) electrons. The van der Waals surface area contributed by atoms with Gasteiger partial charge in [0.25, 0.3) is 0 Å². The molecule has 1 unspecified atom stereocenters. The van der Waals surface area contributed by atoms with Gasteiger partial charge in [0.2, 0.25) is 0 Å². The Hall–Kier alpha value is -1.28. The van der Waals surface area contributed by atoms with Gasteiger partial charge in [-0.1, -0.05) is 36.8 Å². The van der Waals surface area contributed by atoms with Gasteiger partial charge >= 0.3 is 0 Å². The maximum Gasteiger partial charge on any atom is 0.124 e. The maximum atomic E-state index is 5.79. The number of benzene rings is 1. The minimum atomic E-state index is 0.368. The lowest BCUT2D eigenvalue weighted by Gasteiger charge is -2.24. The summed E-state index contributed by atoms with van der Waals surface area (Å²) in [6.45, 7) is 5.92. The van der Waals surface area contributed by atoms with E-state index in [9.17, 15) is 0 Å². The zero-order chi connectivity index (χ0) is 14.2. The quantitative estimate of drug-likeness (QED) is 0.732. The zero-order valence-corrected chi connectivity index (χ0v) is 12.8. The van der Waals surface area contributed by atoms with Crippen molar-refractivity contribution in [2.75, 3.05) is 13.2 Å². The summed E-state index contributed by atoms with van der Waals surface area (Å²) < 4.78 is 5.79. The number of para-hydroxylation sites is 1. The van der Waals surface area contributed by atoms with Crippen LogP contribution in [0, 0.1) is 0 Å². The van der Waals surface area contributed by atoms with Crippen LogP contribution < -0.4 is 10.1 Å². The van der Waals surface area contributed by atoms with Gasteiger partial charge in [-0.15, -0.1) is 0 Å².